The molecule has 0 spiro atoms. The molecule has 0 fully saturated rings. The zero-order chi connectivity index (χ0) is 19.5. The summed E-state index contributed by atoms with van der Waals surface area (Å²) in [5, 5.41) is 18.0. The molecule has 0 radical (unpaired) electrons. The van der Waals surface area contributed by atoms with Gasteiger partial charge in [-0.3, -0.25) is 15.1 Å². The molecule has 0 saturated carbocycles. The van der Waals surface area contributed by atoms with Gasteiger partial charge < -0.3 is 4.74 Å². The van der Waals surface area contributed by atoms with Crippen molar-refractivity contribution in [2.24, 2.45) is 5.10 Å². The molecular formula is C22H19N3O3. The second-order valence-corrected chi connectivity index (χ2v) is 6.53. The maximum atomic E-state index is 11.1. The summed E-state index contributed by atoms with van der Waals surface area (Å²) >= 11 is 0. The Morgan fingerprint density at radius 3 is 2.46 bits per heavy atom. The highest BCUT2D eigenvalue weighted by atomic mass is 16.6. The molecule has 0 aliphatic carbocycles. The van der Waals surface area contributed by atoms with Crippen LogP contribution in [0.1, 0.15) is 23.6 Å². The number of hydrogen-bond donors (Lipinski definition) is 0. The van der Waals surface area contributed by atoms with Crippen LogP contribution in [0.3, 0.4) is 0 Å². The van der Waals surface area contributed by atoms with E-state index in [0.717, 1.165) is 28.3 Å². The molecule has 28 heavy (non-hydrogen) atoms. The number of nitro groups is 1. The second kappa shape index (κ2) is 7.52. The Labute approximate surface area is 162 Å². The number of rotatable bonds is 5. The van der Waals surface area contributed by atoms with Gasteiger partial charge in [-0.2, -0.15) is 5.10 Å². The van der Waals surface area contributed by atoms with Crippen molar-refractivity contribution in [2.75, 3.05) is 12.1 Å². The first-order valence-electron chi connectivity index (χ1n) is 8.96. The third-order valence-corrected chi connectivity index (χ3v) is 4.82. The van der Waals surface area contributed by atoms with Gasteiger partial charge in [-0.05, 0) is 29.8 Å². The number of non-ortho nitro benzene ring substituents is 1. The Morgan fingerprint density at radius 1 is 1.04 bits per heavy atom. The summed E-state index contributed by atoms with van der Waals surface area (Å²) in [7, 11) is 1.64. The van der Waals surface area contributed by atoms with Gasteiger partial charge in [0.1, 0.15) is 5.75 Å². The first-order valence-corrected chi connectivity index (χ1v) is 8.96. The van der Waals surface area contributed by atoms with Crippen molar-refractivity contribution in [1.29, 1.82) is 0 Å². The van der Waals surface area contributed by atoms with Gasteiger partial charge >= 0.3 is 0 Å². The lowest BCUT2D eigenvalue weighted by Gasteiger charge is -2.24. The smallest absolute Gasteiger partial charge is 0.270 e. The third-order valence-electron chi connectivity index (χ3n) is 4.82. The van der Waals surface area contributed by atoms with Gasteiger partial charge in [0, 0.05) is 24.1 Å². The third kappa shape index (κ3) is 3.44. The van der Waals surface area contributed by atoms with Crippen LogP contribution in [-0.2, 0) is 0 Å². The van der Waals surface area contributed by atoms with Crippen LogP contribution in [0.25, 0.3) is 0 Å². The van der Waals surface area contributed by atoms with E-state index >= 15 is 0 Å². The van der Waals surface area contributed by atoms with E-state index in [-0.39, 0.29) is 16.7 Å². The topological polar surface area (TPSA) is 68.0 Å². The lowest BCUT2D eigenvalue weighted by Crippen LogP contribution is -2.18. The van der Waals surface area contributed by atoms with Crippen LogP contribution in [-0.4, -0.2) is 17.7 Å². The maximum absolute atomic E-state index is 11.1. The van der Waals surface area contributed by atoms with E-state index in [2.05, 4.69) is 0 Å². The first kappa shape index (κ1) is 17.7. The van der Waals surface area contributed by atoms with Gasteiger partial charge in [-0.1, -0.05) is 42.5 Å². The molecule has 1 heterocycles. The lowest BCUT2D eigenvalue weighted by molar-refractivity contribution is -0.384. The summed E-state index contributed by atoms with van der Waals surface area (Å²) in [4.78, 5) is 10.8. The Kier molecular flexibility index (Phi) is 4.76. The summed E-state index contributed by atoms with van der Waals surface area (Å²) in [6, 6.07) is 24.5. The molecule has 1 aliphatic rings. The van der Waals surface area contributed by atoms with Crippen LogP contribution in [0.2, 0.25) is 0 Å². The van der Waals surface area contributed by atoms with Crippen molar-refractivity contribution in [1.82, 2.24) is 0 Å². The van der Waals surface area contributed by atoms with Gasteiger partial charge in [0.2, 0.25) is 0 Å². The summed E-state index contributed by atoms with van der Waals surface area (Å²) in [5.74, 6) is 0.799. The largest absolute Gasteiger partial charge is 0.497 e. The van der Waals surface area contributed by atoms with E-state index < -0.39 is 0 Å². The number of anilines is 1. The fourth-order valence-corrected chi connectivity index (χ4v) is 3.39. The average Bonchev–Trinajstić information content (AvgIpc) is 3.20. The SMILES string of the molecule is COc1ccc([C@@H]2CC(c3cccc([N+](=O)[O-])c3)=NN2c2ccccc2)cc1. The molecule has 0 N–H and O–H groups in total. The minimum Gasteiger partial charge on any atom is -0.497 e. The molecule has 140 valence electrons. The number of benzene rings is 3. The van der Waals surface area contributed by atoms with E-state index in [1.54, 1.807) is 19.2 Å². The average molecular weight is 373 g/mol. The van der Waals surface area contributed by atoms with Gasteiger partial charge in [-0.25, -0.2) is 0 Å². The van der Waals surface area contributed by atoms with Crippen LogP contribution < -0.4 is 9.75 Å². The summed E-state index contributed by atoms with van der Waals surface area (Å²) in [5.41, 5.74) is 3.75. The Hall–Kier alpha value is -3.67. The molecule has 0 amide bonds. The van der Waals surface area contributed by atoms with Crippen molar-refractivity contribution in [2.45, 2.75) is 12.5 Å². The van der Waals surface area contributed by atoms with Crippen molar-refractivity contribution < 1.29 is 9.66 Å². The van der Waals surface area contributed by atoms with E-state index in [9.17, 15) is 10.1 Å². The van der Waals surface area contributed by atoms with Crippen molar-refractivity contribution in [3.63, 3.8) is 0 Å². The maximum Gasteiger partial charge on any atom is 0.270 e. The van der Waals surface area contributed by atoms with Crippen LogP contribution in [0, 0.1) is 10.1 Å². The zero-order valence-corrected chi connectivity index (χ0v) is 15.4. The molecule has 3 aromatic carbocycles. The number of hydrogen-bond acceptors (Lipinski definition) is 5. The molecule has 1 atom stereocenters. The normalized spacial score (nSPS) is 16.0. The minimum atomic E-state index is -0.380. The summed E-state index contributed by atoms with van der Waals surface area (Å²) in [6.07, 6.45) is 0.655. The number of nitro benzene ring substituents is 1. The van der Waals surface area contributed by atoms with Crippen LogP contribution in [0.15, 0.2) is 84.0 Å². The molecular weight excluding hydrogens is 354 g/mol. The zero-order valence-electron chi connectivity index (χ0n) is 15.4. The molecule has 3 aromatic rings. The van der Waals surface area contributed by atoms with Gasteiger partial charge in [0.25, 0.3) is 5.69 Å². The quantitative estimate of drug-likeness (QED) is 0.468. The second-order valence-electron chi connectivity index (χ2n) is 6.53. The number of methoxy groups -OCH3 is 1. The molecule has 0 unspecified atom stereocenters. The molecule has 0 saturated heterocycles. The summed E-state index contributed by atoms with van der Waals surface area (Å²) in [6.45, 7) is 0. The standard InChI is InChI=1S/C22H19N3O3/c1-28-20-12-10-16(11-13-20)22-15-21(17-6-5-9-19(14-17)25(26)27)23-24(22)18-7-3-2-4-8-18/h2-14,22H,15H2,1H3/t22-/m0/s1. The van der Waals surface area contributed by atoms with E-state index in [1.807, 2.05) is 65.7 Å². The van der Waals surface area contributed by atoms with E-state index in [1.165, 1.54) is 6.07 Å². The highest BCUT2D eigenvalue weighted by Gasteiger charge is 2.30. The van der Waals surface area contributed by atoms with Crippen LogP contribution in [0.5, 0.6) is 5.75 Å². The predicted molar refractivity (Wildman–Crippen MR) is 109 cm³/mol. The van der Waals surface area contributed by atoms with E-state index in [0.29, 0.717) is 6.42 Å². The number of para-hydroxylation sites is 1. The Bertz CT molecular complexity index is 1020. The Balaban J connectivity index is 1.73. The highest BCUT2D eigenvalue weighted by Crippen LogP contribution is 2.37. The van der Waals surface area contributed by atoms with Gasteiger partial charge in [-0.15, -0.1) is 0 Å². The monoisotopic (exact) mass is 373 g/mol. The fraction of sp³-hybridized carbons (Fsp3) is 0.136. The minimum absolute atomic E-state index is 0.00238. The highest BCUT2D eigenvalue weighted by molar-refractivity contribution is 6.03. The summed E-state index contributed by atoms with van der Waals surface area (Å²) < 4.78 is 5.26. The van der Waals surface area contributed by atoms with Gasteiger partial charge in [0.15, 0.2) is 0 Å². The predicted octanol–water partition coefficient (Wildman–Crippen LogP) is 4.96. The first-order chi connectivity index (χ1) is 13.7. The lowest BCUT2D eigenvalue weighted by atomic mass is 9.98. The van der Waals surface area contributed by atoms with Crippen molar-refractivity contribution in [3.05, 3.63) is 100 Å². The number of hydrazone groups is 1. The van der Waals surface area contributed by atoms with Crippen molar-refractivity contribution >= 4 is 17.1 Å². The number of nitrogens with zero attached hydrogens (tertiary/aromatic N) is 3. The molecule has 6 nitrogen and oxygen atoms in total. The molecule has 0 aromatic heterocycles. The fourth-order valence-electron chi connectivity index (χ4n) is 3.39. The van der Waals surface area contributed by atoms with E-state index in [4.69, 9.17) is 9.84 Å². The molecule has 6 heteroatoms. The van der Waals surface area contributed by atoms with Gasteiger partial charge in [0.05, 0.1) is 29.5 Å². The van der Waals surface area contributed by atoms with Crippen LogP contribution >= 0.6 is 0 Å². The Morgan fingerprint density at radius 2 is 1.79 bits per heavy atom. The van der Waals surface area contributed by atoms with Crippen molar-refractivity contribution in [3.8, 4) is 5.75 Å². The number of ether oxygens (including phenoxy) is 1. The molecule has 0 bridgehead atoms. The molecule has 1 aliphatic heterocycles. The van der Waals surface area contributed by atoms with Crippen LogP contribution in [0.4, 0.5) is 11.4 Å². The molecule has 4 rings (SSSR count).